The molecule has 0 saturated carbocycles. The van der Waals surface area contributed by atoms with Crippen molar-refractivity contribution in [3.8, 4) is 0 Å². The van der Waals surface area contributed by atoms with Gasteiger partial charge >= 0.3 is 0 Å². The number of carbonyl (C=O) groups is 3. The number of carbonyl (C=O) groups excluding carboxylic acids is 3. The third kappa shape index (κ3) is 5.00. The average Bonchev–Trinajstić information content (AvgIpc) is 3.28. The van der Waals surface area contributed by atoms with Crippen LogP contribution in [0, 0.1) is 0 Å². The Kier molecular flexibility index (Phi) is 6.77. The van der Waals surface area contributed by atoms with E-state index in [-0.39, 0.29) is 47.1 Å². The Balaban J connectivity index is 1.36. The molecule has 1 fully saturated rings. The molecular formula is C24H24ClN3O5S. The van der Waals surface area contributed by atoms with E-state index in [0.29, 0.717) is 5.56 Å². The van der Waals surface area contributed by atoms with Crippen molar-refractivity contribution in [2.75, 3.05) is 11.5 Å². The fourth-order valence-corrected chi connectivity index (χ4v) is 5.99. The molecule has 3 amide bonds. The van der Waals surface area contributed by atoms with Crippen LogP contribution in [0.2, 0.25) is 0 Å². The molecule has 2 atom stereocenters. The standard InChI is InChI=1S/C24H24ClN3O5S/c1-15(17-5-3-2-4-6-17)27-22(29)18-9-7-16(8-10-18)13-26-21-20(25)23(30)28(24(21)31)19-11-12-34(32,33)14-19/h2-10,15,19,26H,11-14H2,1H3,(H,27,29). The average molecular weight is 502 g/mol. The molecule has 10 heteroatoms. The summed E-state index contributed by atoms with van der Waals surface area (Å²) in [5, 5.41) is 5.59. The van der Waals surface area contributed by atoms with Gasteiger partial charge in [-0.1, -0.05) is 54.1 Å². The summed E-state index contributed by atoms with van der Waals surface area (Å²) in [6.45, 7) is 2.11. The van der Waals surface area contributed by atoms with Crippen molar-refractivity contribution in [2.24, 2.45) is 0 Å². The van der Waals surface area contributed by atoms with E-state index in [1.807, 2.05) is 37.3 Å². The summed E-state index contributed by atoms with van der Waals surface area (Å²) < 4.78 is 23.5. The Morgan fingerprint density at radius 1 is 1.09 bits per heavy atom. The van der Waals surface area contributed by atoms with Gasteiger partial charge in [-0.3, -0.25) is 19.3 Å². The molecule has 2 aliphatic heterocycles. The molecule has 34 heavy (non-hydrogen) atoms. The van der Waals surface area contributed by atoms with E-state index in [1.54, 1.807) is 24.3 Å². The van der Waals surface area contributed by atoms with E-state index in [1.165, 1.54) is 0 Å². The van der Waals surface area contributed by atoms with Crippen LogP contribution in [0.15, 0.2) is 65.3 Å². The lowest BCUT2D eigenvalue weighted by Gasteiger charge is -2.21. The molecule has 2 N–H and O–H groups in total. The number of imide groups is 1. The first-order chi connectivity index (χ1) is 16.2. The second-order valence-electron chi connectivity index (χ2n) is 8.38. The number of nitrogens with zero attached hydrogens (tertiary/aromatic N) is 1. The van der Waals surface area contributed by atoms with Gasteiger partial charge in [-0.15, -0.1) is 0 Å². The van der Waals surface area contributed by atoms with Gasteiger partial charge in [0.25, 0.3) is 17.7 Å². The summed E-state index contributed by atoms with van der Waals surface area (Å²) in [6, 6.07) is 15.6. The highest BCUT2D eigenvalue weighted by atomic mass is 35.5. The van der Waals surface area contributed by atoms with Crippen LogP contribution in [0.4, 0.5) is 0 Å². The smallest absolute Gasteiger partial charge is 0.278 e. The molecule has 0 radical (unpaired) electrons. The van der Waals surface area contributed by atoms with Gasteiger partial charge in [0.15, 0.2) is 9.84 Å². The quantitative estimate of drug-likeness (QED) is 0.563. The van der Waals surface area contributed by atoms with Crippen molar-refractivity contribution in [1.82, 2.24) is 15.5 Å². The highest BCUT2D eigenvalue weighted by Crippen LogP contribution is 2.29. The topological polar surface area (TPSA) is 113 Å². The minimum absolute atomic E-state index is 0.0468. The zero-order valence-corrected chi connectivity index (χ0v) is 20.0. The Labute approximate surface area is 202 Å². The lowest BCUT2D eigenvalue weighted by molar-refractivity contribution is -0.139. The number of sulfone groups is 1. The Hall–Kier alpha value is -3.17. The van der Waals surface area contributed by atoms with E-state index in [9.17, 15) is 22.8 Å². The minimum atomic E-state index is -3.27. The maximum Gasteiger partial charge on any atom is 0.278 e. The highest BCUT2D eigenvalue weighted by molar-refractivity contribution is 7.91. The maximum absolute atomic E-state index is 12.8. The van der Waals surface area contributed by atoms with E-state index >= 15 is 0 Å². The molecule has 2 unspecified atom stereocenters. The zero-order chi connectivity index (χ0) is 24.5. The van der Waals surface area contributed by atoms with Crippen LogP contribution >= 0.6 is 11.6 Å². The minimum Gasteiger partial charge on any atom is -0.375 e. The first kappa shape index (κ1) is 24.0. The van der Waals surface area contributed by atoms with Crippen LogP contribution in [0.3, 0.4) is 0 Å². The van der Waals surface area contributed by atoms with E-state index in [0.717, 1.165) is 16.0 Å². The second kappa shape index (κ2) is 9.60. The zero-order valence-electron chi connectivity index (χ0n) is 18.5. The summed E-state index contributed by atoms with van der Waals surface area (Å²) in [6.07, 6.45) is 0.212. The van der Waals surface area contributed by atoms with Crippen LogP contribution < -0.4 is 10.6 Å². The Morgan fingerprint density at radius 2 is 1.76 bits per heavy atom. The molecule has 2 heterocycles. The Bertz CT molecular complexity index is 1260. The summed E-state index contributed by atoms with van der Waals surface area (Å²) >= 11 is 6.10. The SMILES string of the molecule is CC(NC(=O)c1ccc(CNC2=C(Cl)C(=O)N(C3CCS(=O)(=O)C3)C2=O)cc1)c1ccccc1. The summed E-state index contributed by atoms with van der Waals surface area (Å²) in [4.78, 5) is 38.7. The van der Waals surface area contributed by atoms with Gasteiger partial charge in [-0.25, -0.2) is 8.42 Å². The van der Waals surface area contributed by atoms with Gasteiger partial charge in [0.05, 0.1) is 23.6 Å². The predicted octanol–water partition coefficient (Wildman–Crippen LogP) is 2.27. The van der Waals surface area contributed by atoms with Crippen molar-refractivity contribution < 1.29 is 22.8 Å². The normalized spacial score (nSPS) is 20.5. The van der Waals surface area contributed by atoms with Crippen LogP contribution in [0.1, 0.15) is 40.9 Å². The lowest BCUT2D eigenvalue weighted by atomic mass is 10.1. The van der Waals surface area contributed by atoms with Crippen molar-refractivity contribution in [3.63, 3.8) is 0 Å². The number of amides is 3. The number of hydrogen-bond acceptors (Lipinski definition) is 6. The van der Waals surface area contributed by atoms with Gasteiger partial charge in [0.1, 0.15) is 10.7 Å². The summed E-state index contributed by atoms with van der Waals surface area (Å²) in [5.41, 5.74) is 2.22. The molecule has 8 nitrogen and oxygen atoms in total. The van der Waals surface area contributed by atoms with E-state index in [4.69, 9.17) is 11.6 Å². The van der Waals surface area contributed by atoms with Gasteiger partial charge in [0, 0.05) is 12.1 Å². The number of hydrogen-bond donors (Lipinski definition) is 2. The second-order valence-corrected chi connectivity index (χ2v) is 11.0. The molecule has 0 aliphatic carbocycles. The van der Waals surface area contributed by atoms with E-state index in [2.05, 4.69) is 10.6 Å². The lowest BCUT2D eigenvalue weighted by Crippen LogP contribution is -2.42. The summed E-state index contributed by atoms with van der Waals surface area (Å²) in [7, 11) is -3.27. The molecule has 178 valence electrons. The largest absolute Gasteiger partial charge is 0.375 e. The Morgan fingerprint density at radius 3 is 2.38 bits per heavy atom. The monoisotopic (exact) mass is 501 g/mol. The fourth-order valence-electron chi connectivity index (χ4n) is 4.05. The first-order valence-electron chi connectivity index (χ1n) is 10.8. The third-order valence-electron chi connectivity index (χ3n) is 5.96. The fraction of sp³-hybridized carbons (Fsp3) is 0.292. The van der Waals surface area contributed by atoms with Crippen molar-refractivity contribution in [1.29, 1.82) is 0 Å². The predicted molar refractivity (Wildman–Crippen MR) is 127 cm³/mol. The highest BCUT2D eigenvalue weighted by Gasteiger charge is 2.45. The molecule has 2 aromatic carbocycles. The van der Waals surface area contributed by atoms with Gasteiger partial charge in [0.2, 0.25) is 0 Å². The molecule has 0 aromatic heterocycles. The van der Waals surface area contributed by atoms with Crippen molar-refractivity contribution >= 4 is 39.2 Å². The van der Waals surface area contributed by atoms with Crippen LogP contribution in [-0.2, 0) is 26.0 Å². The first-order valence-corrected chi connectivity index (χ1v) is 13.0. The van der Waals surface area contributed by atoms with E-state index < -0.39 is 27.7 Å². The number of benzene rings is 2. The summed E-state index contributed by atoms with van der Waals surface area (Å²) in [5.74, 6) is -1.81. The van der Waals surface area contributed by atoms with Gasteiger partial charge in [-0.05, 0) is 36.6 Å². The molecule has 2 aromatic rings. The number of rotatable bonds is 7. The van der Waals surface area contributed by atoms with Crippen LogP contribution in [0.25, 0.3) is 0 Å². The molecule has 4 rings (SSSR count). The van der Waals surface area contributed by atoms with Gasteiger partial charge in [-0.2, -0.15) is 0 Å². The maximum atomic E-state index is 12.8. The number of nitrogens with one attached hydrogen (secondary N) is 2. The van der Waals surface area contributed by atoms with Crippen molar-refractivity contribution in [3.05, 3.63) is 82.0 Å². The molecular weight excluding hydrogens is 478 g/mol. The van der Waals surface area contributed by atoms with Crippen molar-refractivity contribution in [2.45, 2.75) is 32.0 Å². The molecule has 2 aliphatic rings. The molecule has 1 saturated heterocycles. The molecule has 0 bridgehead atoms. The number of halogens is 1. The van der Waals surface area contributed by atoms with Crippen LogP contribution in [-0.4, -0.2) is 48.6 Å². The van der Waals surface area contributed by atoms with Crippen LogP contribution in [0.5, 0.6) is 0 Å². The molecule has 0 spiro atoms. The van der Waals surface area contributed by atoms with Gasteiger partial charge < -0.3 is 10.6 Å². The third-order valence-corrected chi connectivity index (χ3v) is 8.07.